The molecule has 7 heteroatoms. The van der Waals surface area contributed by atoms with Crippen LogP contribution in [0.3, 0.4) is 0 Å². The quantitative estimate of drug-likeness (QED) is 0.772. The van der Waals surface area contributed by atoms with E-state index >= 15 is 0 Å². The van der Waals surface area contributed by atoms with Gasteiger partial charge >= 0.3 is 12.1 Å². The molecule has 0 aromatic heterocycles. The maximum atomic E-state index is 12.5. The highest BCUT2D eigenvalue weighted by Crippen LogP contribution is 2.35. The van der Waals surface area contributed by atoms with Gasteiger partial charge in [0.15, 0.2) is 6.10 Å². The fourth-order valence-electron chi connectivity index (χ4n) is 3.69. The Morgan fingerprint density at radius 3 is 2.24 bits per heavy atom. The molecule has 25 heavy (non-hydrogen) atoms. The van der Waals surface area contributed by atoms with Crippen molar-refractivity contribution in [2.75, 3.05) is 7.05 Å². The lowest BCUT2D eigenvalue weighted by Crippen LogP contribution is -2.44. The Bertz CT molecular complexity index is 603. The Balaban J connectivity index is 1.53. The lowest BCUT2D eigenvalue weighted by Gasteiger charge is -2.36. The zero-order valence-electron chi connectivity index (χ0n) is 14.3. The molecule has 0 saturated carbocycles. The minimum Gasteiger partial charge on any atom is -0.479 e. The monoisotopic (exact) mass is 357 g/mol. The summed E-state index contributed by atoms with van der Waals surface area (Å²) in [6, 6.07) is 5.21. The molecule has 0 aliphatic carbocycles. The van der Waals surface area contributed by atoms with E-state index in [1.807, 2.05) is 0 Å². The molecule has 2 aliphatic heterocycles. The van der Waals surface area contributed by atoms with Crippen LogP contribution in [0.2, 0.25) is 0 Å². The van der Waals surface area contributed by atoms with Gasteiger partial charge < -0.3 is 14.4 Å². The Morgan fingerprint density at radius 1 is 1.16 bits per heavy atom. The number of carbonyl (C=O) groups excluding carboxylic acids is 1. The van der Waals surface area contributed by atoms with E-state index in [2.05, 4.69) is 11.9 Å². The smallest absolute Gasteiger partial charge is 0.416 e. The number of rotatable bonds is 4. The van der Waals surface area contributed by atoms with E-state index in [1.54, 1.807) is 6.92 Å². The lowest BCUT2D eigenvalue weighted by molar-refractivity contribution is -0.160. The second-order valence-corrected chi connectivity index (χ2v) is 6.86. The largest absolute Gasteiger partial charge is 0.479 e. The molecule has 0 amide bonds. The van der Waals surface area contributed by atoms with Gasteiger partial charge in [0.2, 0.25) is 0 Å². The van der Waals surface area contributed by atoms with Crippen LogP contribution in [0, 0.1) is 0 Å². The maximum absolute atomic E-state index is 12.5. The Hall–Kier alpha value is -1.76. The summed E-state index contributed by atoms with van der Waals surface area (Å²) in [6.45, 7) is 1.55. The van der Waals surface area contributed by atoms with Gasteiger partial charge in [-0.2, -0.15) is 13.2 Å². The van der Waals surface area contributed by atoms with E-state index < -0.39 is 23.8 Å². The van der Waals surface area contributed by atoms with Crippen LogP contribution >= 0.6 is 0 Å². The first-order valence-corrected chi connectivity index (χ1v) is 8.50. The van der Waals surface area contributed by atoms with E-state index in [9.17, 15) is 18.0 Å². The number of hydrogen-bond donors (Lipinski definition) is 0. The third-order valence-corrected chi connectivity index (χ3v) is 5.16. The molecule has 3 rings (SSSR count). The molecule has 138 valence electrons. The second kappa shape index (κ2) is 6.86. The second-order valence-electron chi connectivity index (χ2n) is 6.86. The van der Waals surface area contributed by atoms with Gasteiger partial charge in [-0.15, -0.1) is 0 Å². The summed E-state index contributed by atoms with van der Waals surface area (Å²) in [4.78, 5) is 14.6. The Morgan fingerprint density at radius 2 is 1.72 bits per heavy atom. The summed E-state index contributed by atoms with van der Waals surface area (Å²) in [7, 11) is 2.11. The molecule has 2 unspecified atom stereocenters. The van der Waals surface area contributed by atoms with Crippen LogP contribution in [-0.4, -0.2) is 42.2 Å². The number of esters is 1. The number of ether oxygens (including phenoxy) is 2. The van der Waals surface area contributed by atoms with Crippen LogP contribution in [0.15, 0.2) is 24.3 Å². The number of carbonyl (C=O) groups is 1. The van der Waals surface area contributed by atoms with E-state index in [0.717, 1.165) is 37.8 Å². The number of benzene rings is 1. The zero-order valence-corrected chi connectivity index (χ0v) is 14.3. The molecular weight excluding hydrogens is 335 g/mol. The maximum Gasteiger partial charge on any atom is 0.416 e. The van der Waals surface area contributed by atoms with Crippen LogP contribution in [0.5, 0.6) is 5.75 Å². The number of fused-ring (bicyclic) bond motifs is 2. The van der Waals surface area contributed by atoms with Crippen LogP contribution in [0.1, 0.15) is 38.2 Å². The fourth-order valence-corrected chi connectivity index (χ4v) is 3.69. The summed E-state index contributed by atoms with van der Waals surface area (Å²) in [6.07, 6.45) is -1.46. The summed E-state index contributed by atoms with van der Waals surface area (Å²) < 4.78 is 48.6. The average molecular weight is 357 g/mol. The molecule has 4 atom stereocenters. The van der Waals surface area contributed by atoms with Gasteiger partial charge in [0.05, 0.1) is 5.56 Å². The predicted octanol–water partition coefficient (Wildman–Crippen LogP) is 3.64. The molecule has 2 bridgehead atoms. The van der Waals surface area contributed by atoms with Gasteiger partial charge in [-0.1, -0.05) is 0 Å². The third-order valence-electron chi connectivity index (χ3n) is 5.16. The zero-order chi connectivity index (χ0) is 18.2. The first-order valence-electron chi connectivity index (χ1n) is 8.50. The number of alkyl halides is 3. The van der Waals surface area contributed by atoms with Crippen LogP contribution in [0.25, 0.3) is 0 Å². The van der Waals surface area contributed by atoms with Crippen LogP contribution in [0.4, 0.5) is 13.2 Å². The standard InChI is InChI=1S/C18H22F3NO3/c1-11(24-15-7-3-12(4-8-15)18(19,20)21)17(23)25-16-9-13-5-6-14(10-16)22(13)2/h3-4,7-8,11,13-14,16H,5-6,9-10H2,1-2H3/t11?,13-,14+,16?. The van der Waals surface area contributed by atoms with E-state index in [0.29, 0.717) is 12.1 Å². The molecule has 1 aromatic rings. The van der Waals surface area contributed by atoms with Crippen molar-refractivity contribution in [1.29, 1.82) is 0 Å². The van der Waals surface area contributed by atoms with Crippen LogP contribution in [-0.2, 0) is 15.7 Å². The van der Waals surface area contributed by atoms with Crippen LogP contribution < -0.4 is 4.74 Å². The minimum absolute atomic E-state index is 0.111. The molecule has 4 nitrogen and oxygen atoms in total. The van der Waals surface area contributed by atoms with Crippen molar-refractivity contribution in [3.05, 3.63) is 29.8 Å². The average Bonchev–Trinajstić information content (AvgIpc) is 2.76. The molecule has 0 spiro atoms. The van der Waals surface area contributed by atoms with E-state index in [1.165, 1.54) is 12.1 Å². The van der Waals surface area contributed by atoms with Crippen molar-refractivity contribution in [2.24, 2.45) is 0 Å². The molecule has 2 heterocycles. The van der Waals surface area contributed by atoms with E-state index in [-0.39, 0.29) is 11.9 Å². The Labute approximate surface area is 144 Å². The molecular formula is C18H22F3NO3. The predicted molar refractivity (Wildman–Crippen MR) is 85.2 cm³/mol. The molecule has 2 fully saturated rings. The Kier molecular flexibility index (Phi) is 4.95. The minimum atomic E-state index is -4.39. The number of halogens is 3. The molecule has 2 aliphatic rings. The van der Waals surface area contributed by atoms with Crippen molar-refractivity contribution >= 4 is 5.97 Å². The summed E-state index contributed by atoms with van der Waals surface area (Å²) in [5.41, 5.74) is -0.753. The number of nitrogens with zero attached hydrogens (tertiary/aromatic N) is 1. The van der Waals surface area contributed by atoms with Crippen molar-refractivity contribution in [1.82, 2.24) is 4.90 Å². The molecule has 1 aromatic carbocycles. The van der Waals surface area contributed by atoms with Crippen molar-refractivity contribution in [3.8, 4) is 5.75 Å². The van der Waals surface area contributed by atoms with E-state index in [4.69, 9.17) is 9.47 Å². The lowest BCUT2D eigenvalue weighted by atomic mass is 10.0. The molecule has 2 saturated heterocycles. The molecule has 0 N–H and O–H groups in total. The van der Waals surface area contributed by atoms with Gasteiger partial charge in [0, 0.05) is 12.1 Å². The van der Waals surface area contributed by atoms with Gasteiger partial charge in [0.1, 0.15) is 11.9 Å². The van der Waals surface area contributed by atoms with Gasteiger partial charge in [-0.05, 0) is 63.9 Å². The highest BCUT2D eigenvalue weighted by Gasteiger charge is 2.40. The van der Waals surface area contributed by atoms with Gasteiger partial charge in [-0.25, -0.2) is 4.79 Å². The normalized spacial score (nSPS) is 27.8. The molecule has 0 radical (unpaired) electrons. The van der Waals surface area contributed by atoms with Crippen molar-refractivity contribution in [2.45, 2.75) is 63.1 Å². The number of hydrogen-bond acceptors (Lipinski definition) is 4. The van der Waals surface area contributed by atoms with Gasteiger partial charge in [0.25, 0.3) is 0 Å². The van der Waals surface area contributed by atoms with Crippen molar-refractivity contribution < 1.29 is 27.4 Å². The number of piperidine rings is 1. The summed E-state index contributed by atoms with van der Waals surface area (Å²) in [5.74, 6) is -0.269. The first kappa shape index (κ1) is 18.0. The highest BCUT2D eigenvalue weighted by molar-refractivity contribution is 5.74. The highest BCUT2D eigenvalue weighted by atomic mass is 19.4. The summed E-state index contributed by atoms with van der Waals surface area (Å²) >= 11 is 0. The first-order chi connectivity index (χ1) is 11.7. The summed E-state index contributed by atoms with van der Waals surface area (Å²) in [5, 5.41) is 0. The van der Waals surface area contributed by atoms with Gasteiger partial charge in [-0.3, -0.25) is 0 Å². The third kappa shape index (κ3) is 4.08. The van der Waals surface area contributed by atoms with Crippen molar-refractivity contribution in [3.63, 3.8) is 0 Å². The SMILES string of the molecule is CC(Oc1ccc(C(F)(F)F)cc1)C(=O)OC1C[C@H]2CC[C@@H](C1)N2C. The fraction of sp³-hybridized carbons (Fsp3) is 0.611. The topological polar surface area (TPSA) is 38.8 Å².